The molecule has 5 heteroatoms. The van der Waals surface area contributed by atoms with Gasteiger partial charge in [-0.1, -0.05) is 0 Å². The largest absolute Gasteiger partial charge is 0.399 e. The van der Waals surface area contributed by atoms with Gasteiger partial charge in [-0.25, -0.2) is 0 Å². The van der Waals surface area contributed by atoms with E-state index in [0.29, 0.717) is 23.5 Å². The lowest BCUT2D eigenvalue weighted by atomic mass is 10.1. The minimum atomic E-state index is -0.500. The first-order chi connectivity index (χ1) is 8.66. The van der Waals surface area contributed by atoms with E-state index < -0.39 is 5.91 Å². The number of nitrogens with two attached hydrogens (primary N) is 2. The Morgan fingerprint density at radius 1 is 1.22 bits per heavy atom. The van der Waals surface area contributed by atoms with Gasteiger partial charge >= 0.3 is 0 Å². The number of benzene rings is 1. The van der Waals surface area contributed by atoms with Crippen molar-refractivity contribution in [2.45, 2.75) is 6.54 Å². The molecule has 2 aromatic rings. The molecule has 0 unspecified atom stereocenters. The number of hydrogen-bond acceptors (Lipinski definition) is 4. The van der Waals surface area contributed by atoms with Gasteiger partial charge in [-0.3, -0.25) is 9.78 Å². The Balaban J connectivity index is 2.17. The first-order valence-corrected chi connectivity index (χ1v) is 5.49. The second kappa shape index (κ2) is 5.18. The molecule has 0 aliphatic rings. The highest BCUT2D eigenvalue weighted by Gasteiger charge is 2.08. The van der Waals surface area contributed by atoms with E-state index >= 15 is 0 Å². The number of carbonyl (C=O) groups is 1. The molecule has 0 saturated carbocycles. The summed E-state index contributed by atoms with van der Waals surface area (Å²) in [6, 6.07) is 8.83. The van der Waals surface area contributed by atoms with Crippen molar-refractivity contribution in [1.29, 1.82) is 0 Å². The van der Waals surface area contributed by atoms with Crippen molar-refractivity contribution in [1.82, 2.24) is 4.98 Å². The van der Waals surface area contributed by atoms with Crippen LogP contribution in [0.4, 0.5) is 11.4 Å². The topological polar surface area (TPSA) is 94.0 Å². The summed E-state index contributed by atoms with van der Waals surface area (Å²) in [7, 11) is 0. The van der Waals surface area contributed by atoms with Gasteiger partial charge in [0.25, 0.3) is 5.91 Å². The van der Waals surface area contributed by atoms with Gasteiger partial charge in [0.05, 0.1) is 5.56 Å². The molecule has 0 atom stereocenters. The van der Waals surface area contributed by atoms with E-state index in [1.807, 2.05) is 12.1 Å². The molecule has 5 nitrogen and oxygen atoms in total. The lowest BCUT2D eigenvalue weighted by molar-refractivity contribution is 0.100. The van der Waals surface area contributed by atoms with Gasteiger partial charge in [0, 0.05) is 30.3 Å². The summed E-state index contributed by atoms with van der Waals surface area (Å²) in [6.45, 7) is 0.590. The molecule has 0 spiro atoms. The second-order valence-electron chi connectivity index (χ2n) is 3.88. The van der Waals surface area contributed by atoms with Crippen LogP contribution in [0.15, 0.2) is 42.7 Å². The number of hydrogen-bond donors (Lipinski definition) is 3. The molecular formula is C13H14N4O. The first kappa shape index (κ1) is 11.9. The van der Waals surface area contributed by atoms with Crippen LogP contribution in [0.3, 0.4) is 0 Å². The Hall–Kier alpha value is -2.56. The number of nitrogens with zero attached hydrogens (tertiary/aromatic N) is 1. The maximum absolute atomic E-state index is 11.3. The zero-order chi connectivity index (χ0) is 13.0. The third-order valence-corrected chi connectivity index (χ3v) is 2.54. The predicted octanol–water partition coefficient (Wildman–Crippen LogP) is 1.37. The van der Waals surface area contributed by atoms with E-state index in [1.54, 1.807) is 30.6 Å². The number of anilines is 2. The second-order valence-corrected chi connectivity index (χ2v) is 3.88. The van der Waals surface area contributed by atoms with Crippen LogP contribution < -0.4 is 16.8 Å². The standard InChI is InChI=1S/C13H14N4O/c14-10-1-2-12(11(7-10)13(15)18)17-8-9-3-5-16-6-4-9/h1-7,17H,8,14H2,(H2,15,18). The number of carbonyl (C=O) groups excluding carboxylic acids is 1. The van der Waals surface area contributed by atoms with Crippen LogP contribution in [0.5, 0.6) is 0 Å². The molecule has 0 bridgehead atoms. The fourth-order valence-electron chi connectivity index (χ4n) is 1.62. The van der Waals surface area contributed by atoms with E-state index in [0.717, 1.165) is 5.56 Å². The molecule has 0 aliphatic carbocycles. The third kappa shape index (κ3) is 2.76. The number of primary amides is 1. The van der Waals surface area contributed by atoms with Crippen LogP contribution in [0, 0.1) is 0 Å². The summed E-state index contributed by atoms with van der Waals surface area (Å²) < 4.78 is 0. The van der Waals surface area contributed by atoms with Gasteiger partial charge in [0.1, 0.15) is 0 Å². The highest BCUT2D eigenvalue weighted by atomic mass is 16.1. The Labute approximate surface area is 105 Å². The molecule has 1 aromatic carbocycles. The Kier molecular flexibility index (Phi) is 3.43. The number of nitrogen functional groups attached to an aromatic ring is 1. The lowest BCUT2D eigenvalue weighted by Gasteiger charge is -2.10. The molecule has 92 valence electrons. The zero-order valence-electron chi connectivity index (χ0n) is 9.76. The predicted molar refractivity (Wildman–Crippen MR) is 70.9 cm³/mol. The maximum Gasteiger partial charge on any atom is 0.250 e. The van der Waals surface area contributed by atoms with Crippen molar-refractivity contribution < 1.29 is 4.79 Å². The van der Waals surface area contributed by atoms with Crippen LogP contribution in [-0.2, 0) is 6.54 Å². The first-order valence-electron chi connectivity index (χ1n) is 5.49. The van der Waals surface area contributed by atoms with E-state index in [9.17, 15) is 4.79 Å². The highest BCUT2D eigenvalue weighted by Crippen LogP contribution is 2.19. The van der Waals surface area contributed by atoms with Gasteiger partial charge in [-0.2, -0.15) is 0 Å². The summed E-state index contributed by atoms with van der Waals surface area (Å²) in [5, 5.41) is 3.15. The van der Waals surface area contributed by atoms with E-state index in [-0.39, 0.29) is 0 Å². The summed E-state index contributed by atoms with van der Waals surface area (Å²) in [5.74, 6) is -0.500. The van der Waals surface area contributed by atoms with E-state index in [4.69, 9.17) is 11.5 Å². The Bertz CT molecular complexity index is 554. The minimum absolute atomic E-state index is 0.393. The molecule has 0 aliphatic heterocycles. The number of aromatic nitrogens is 1. The average Bonchev–Trinajstić information content (AvgIpc) is 2.38. The van der Waals surface area contributed by atoms with Crippen molar-refractivity contribution >= 4 is 17.3 Å². The molecule has 2 rings (SSSR count). The monoisotopic (exact) mass is 242 g/mol. The van der Waals surface area contributed by atoms with Crippen LogP contribution in [-0.4, -0.2) is 10.9 Å². The quantitative estimate of drug-likeness (QED) is 0.706. The van der Waals surface area contributed by atoms with Gasteiger partial charge in [-0.15, -0.1) is 0 Å². The average molecular weight is 242 g/mol. The summed E-state index contributed by atoms with van der Waals surface area (Å²) in [5.41, 5.74) is 13.6. The fourth-order valence-corrected chi connectivity index (χ4v) is 1.62. The molecule has 0 fully saturated rings. The van der Waals surface area contributed by atoms with Crippen LogP contribution in [0.25, 0.3) is 0 Å². The normalized spacial score (nSPS) is 10.0. The smallest absolute Gasteiger partial charge is 0.250 e. The number of nitrogens with one attached hydrogen (secondary N) is 1. The van der Waals surface area contributed by atoms with Crippen molar-refractivity contribution in [3.8, 4) is 0 Å². The van der Waals surface area contributed by atoms with Crippen LogP contribution >= 0.6 is 0 Å². The van der Waals surface area contributed by atoms with Gasteiger partial charge < -0.3 is 16.8 Å². The maximum atomic E-state index is 11.3. The van der Waals surface area contributed by atoms with Crippen molar-refractivity contribution in [3.63, 3.8) is 0 Å². The van der Waals surface area contributed by atoms with Gasteiger partial charge in [-0.05, 0) is 35.9 Å². The van der Waals surface area contributed by atoms with Gasteiger partial charge in [0.15, 0.2) is 0 Å². The van der Waals surface area contributed by atoms with Crippen molar-refractivity contribution in [2.24, 2.45) is 5.73 Å². The van der Waals surface area contributed by atoms with Crippen LogP contribution in [0.1, 0.15) is 15.9 Å². The number of amides is 1. The highest BCUT2D eigenvalue weighted by molar-refractivity contribution is 5.99. The summed E-state index contributed by atoms with van der Waals surface area (Å²) in [4.78, 5) is 15.2. The van der Waals surface area contributed by atoms with E-state index in [1.165, 1.54) is 0 Å². The molecule has 1 amide bonds. The third-order valence-electron chi connectivity index (χ3n) is 2.54. The molecule has 1 aromatic heterocycles. The van der Waals surface area contributed by atoms with Crippen LogP contribution in [0.2, 0.25) is 0 Å². The Morgan fingerprint density at radius 3 is 2.61 bits per heavy atom. The summed E-state index contributed by atoms with van der Waals surface area (Å²) in [6.07, 6.45) is 3.43. The molecule has 5 N–H and O–H groups in total. The molecule has 18 heavy (non-hydrogen) atoms. The molecule has 0 radical (unpaired) electrons. The lowest BCUT2D eigenvalue weighted by Crippen LogP contribution is -2.14. The van der Waals surface area contributed by atoms with Gasteiger partial charge in [0.2, 0.25) is 0 Å². The van der Waals surface area contributed by atoms with E-state index in [2.05, 4.69) is 10.3 Å². The Morgan fingerprint density at radius 2 is 1.94 bits per heavy atom. The summed E-state index contributed by atoms with van der Waals surface area (Å²) >= 11 is 0. The van der Waals surface area contributed by atoms with Crippen molar-refractivity contribution in [3.05, 3.63) is 53.9 Å². The molecule has 1 heterocycles. The minimum Gasteiger partial charge on any atom is -0.399 e. The molecule has 0 saturated heterocycles. The zero-order valence-corrected chi connectivity index (χ0v) is 9.76. The van der Waals surface area contributed by atoms with Crippen molar-refractivity contribution in [2.75, 3.05) is 11.1 Å². The fraction of sp³-hybridized carbons (Fsp3) is 0.0769. The number of rotatable bonds is 4. The number of pyridine rings is 1. The molecular weight excluding hydrogens is 228 g/mol. The SMILES string of the molecule is NC(=O)c1cc(N)ccc1NCc1ccncc1.